The molecular formula is C11H13N3S. The SMILES string of the molecule is Cc1ccnc(C(N)Cc2nccs2)c1. The molecule has 0 spiro atoms. The Labute approximate surface area is 93.0 Å². The third kappa shape index (κ3) is 2.61. The molecule has 0 aliphatic carbocycles. The van der Waals surface area contributed by atoms with Gasteiger partial charge in [-0.1, -0.05) is 0 Å². The number of nitrogens with two attached hydrogens (primary N) is 1. The smallest absolute Gasteiger partial charge is 0.0944 e. The van der Waals surface area contributed by atoms with Crippen LogP contribution >= 0.6 is 11.3 Å². The van der Waals surface area contributed by atoms with Crippen molar-refractivity contribution in [3.8, 4) is 0 Å². The molecule has 0 bridgehead atoms. The zero-order valence-corrected chi connectivity index (χ0v) is 9.37. The van der Waals surface area contributed by atoms with E-state index in [1.165, 1.54) is 5.56 Å². The van der Waals surface area contributed by atoms with Crippen molar-refractivity contribution in [3.05, 3.63) is 46.2 Å². The van der Waals surface area contributed by atoms with E-state index in [1.807, 2.05) is 24.4 Å². The standard InChI is InChI=1S/C11H13N3S/c1-8-2-3-13-10(6-8)9(12)7-11-14-4-5-15-11/h2-6,9H,7,12H2,1H3. The predicted octanol–water partition coefficient (Wildman–Crippen LogP) is 2.09. The number of nitrogens with zero attached hydrogens (tertiary/aromatic N) is 2. The van der Waals surface area contributed by atoms with E-state index in [9.17, 15) is 0 Å². The zero-order chi connectivity index (χ0) is 10.7. The second-order valence-electron chi connectivity index (χ2n) is 3.49. The summed E-state index contributed by atoms with van der Waals surface area (Å²) in [5.74, 6) is 0. The van der Waals surface area contributed by atoms with Gasteiger partial charge in [0, 0.05) is 24.2 Å². The molecule has 0 amide bonds. The summed E-state index contributed by atoms with van der Waals surface area (Å²) < 4.78 is 0. The molecule has 0 fully saturated rings. The van der Waals surface area contributed by atoms with Crippen molar-refractivity contribution in [1.29, 1.82) is 0 Å². The Morgan fingerprint density at radius 2 is 2.27 bits per heavy atom. The monoisotopic (exact) mass is 219 g/mol. The van der Waals surface area contributed by atoms with Crippen LogP contribution in [0.25, 0.3) is 0 Å². The van der Waals surface area contributed by atoms with E-state index in [1.54, 1.807) is 23.7 Å². The quantitative estimate of drug-likeness (QED) is 0.860. The largest absolute Gasteiger partial charge is 0.322 e. The Kier molecular flexibility index (Phi) is 3.08. The highest BCUT2D eigenvalue weighted by molar-refractivity contribution is 7.09. The van der Waals surface area contributed by atoms with Crippen LogP contribution < -0.4 is 5.73 Å². The van der Waals surface area contributed by atoms with Crippen LogP contribution in [0.5, 0.6) is 0 Å². The summed E-state index contributed by atoms with van der Waals surface area (Å²) in [6, 6.07) is 3.94. The first-order valence-electron chi connectivity index (χ1n) is 4.82. The zero-order valence-electron chi connectivity index (χ0n) is 8.55. The molecule has 0 radical (unpaired) electrons. The molecule has 4 heteroatoms. The average molecular weight is 219 g/mol. The molecule has 15 heavy (non-hydrogen) atoms. The van der Waals surface area contributed by atoms with Gasteiger partial charge in [0.15, 0.2) is 0 Å². The molecule has 1 atom stereocenters. The molecular weight excluding hydrogens is 206 g/mol. The minimum Gasteiger partial charge on any atom is -0.322 e. The number of hydrogen-bond donors (Lipinski definition) is 1. The normalized spacial score (nSPS) is 12.7. The topological polar surface area (TPSA) is 51.8 Å². The molecule has 2 aromatic heterocycles. The van der Waals surface area contributed by atoms with Gasteiger partial charge in [-0.25, -0.2) is 4.98 Å². The van der Waals surface area contributed by atoms with E-state index in [0.717, 1.165) is 17.1 Å². The second-order valence-corrected chi connectivity index (χ2v) is 4.47. The molecule has 0 saturated heterocycles. The fourth-order valence-electron chi connectivity index (χ4n) is 1.41. The molecule has 0 aliphatic rings. The maximum absolute atomic E-state index is 6.06. The van der Waals surface area contributed by atoms with Gasteiger partial charge in [-0.15, -0.1) is 11.3 Å². The van der Waals surface area contributed by atoms with Gasteiger partial charge in [0.2, 0.25) is 0 Å². The lowest BCUT2D eigenvalue weighted by Gasteiger charge is -2.09. The van der Waals surface area contributed by atoms with Crippen LogP contribution in [0, 0.1) is 6.92 Å². The van der Waals surface area contributed by atoms with Gasteiger partial charge >= 0.3 is 0 Å². The van der Waals surface area contributed by atoms with Crippen LogP contribution in [0.1, 0.15) is 22.3 Å². The number of aryl methyl sites for hydroxylation is 1. The summed E-state index contributed by atoms with van der Waals surface area (Å²) in [5.41, 5.74) is 8.18. The van der Waals surface area contributed by atoms with Crippen LogP contribution in [-0.4, -0.2) is 9.97 Å². The fourth-order valence-corrected chi connectivity index (χ4v) is 2.09. The van der Waals surface area contributed by atoms with Crippen molar-refractivity contribution in [3.63, 3.8) is 0 Å². The average Bonchev–Trinajstić information content (AvgIpc) is 2.70. The summed E-state index contributed by atoms with van der Waals surface area (Å²) in [6.07, 6.45) is 4.36. The van der Waals surface area contributed by atoms with Gasteiger partial charge in [-0.2, -0.15) is 0 Å². The molecule has 2 N–H and O–H groups in total. The number of thiazole rings is 1. The lowest BCUT2D eigenvalue weighted by Crippen LogP contribution is -2.14. The van der Waals surface area contributed by atoms with Gasteiger partial charge in [-0.3, -0.25) is 4.98 Å². The maximum Gasteiger partial charge on any atom is 0.0944 e. The molecule has 0 aliphatic heterocycles. The number of rotatable bonds is 3. The lowest BCUT2D eigenvalue weighted by atomic mass is 10.1. The van der Waals surface area contributed by atoms with E-state index in [-0.39, 0.29) is 6.04 Å². The molecule has 2 heterocycles. The summed E-state index contributed by atoms with van der Waals surface area (Å²) in [4.78, 5) is 8.49. The second kappa shape index (κ2) is 4.51. The molecule has 2 rings (SSSR count). The van der Waals surface area contributed by atoms with Gasteiger partial charge < -0.3 is 5.73 Å². The van der Waals surface area contributed by atoms with E-state index in [2.05, 4.69) is 9.97 Å². The van der Waals surface area contributed by atoms with Gasteiger partial charge in [0.25, 0.3) is 0 Å². The number of pyridine rings is 1. The van der Waals surface area contributed by atoms with Crippen LogP contribution in [0.15, 0.2) is 29.9 Å². The Balaban J connectivity index is 2.11. The van der Waals surface area contributed by atoms with Crippen molar-refractivity contribution < 1.29 is 0 Å². The summed E-state index contributed by atoms with van der Waals surface area (Å²) >= 11 is 1.63. The van der Waals surface area contributed by atoms with E-state index in [4.69, 9.17) is 5.73 Å². The lowest BCUT2D eigenvalue weighted by molar-refractivity contribution is 0.692. The maximum atomic E-state index is 6.06. The molecule has 3 nitrogen and oxygen atoms in total. The van der Waals surface area contributed by atoms with E-state index >= 15 is 0 Å². The Bertz CT molecular complexity index is 425. The Morgan fingerprint density at radius 1 is 1.40 bits per heavy atom. The first-order chi connectivity index (χ1) is 7.25. The summed E-state index contributed by atoms with van der Waals surface area (Å²) in [7, 11) is 0. The van der Waals surface area contributed by atoms with E-state index < -0.39 is 0 Å². The predicted molar refractivity (Wildman–Crippen MR) is 61.7 cm³/mol. The third-order valence-electron chi connectivity index (χ3n) is 2.19. The van der Waals surface area contributed by atoms with Crippen molar-refractivity contribution in [1.82, 2.24) is 9.97 Å². The highest BCUT2D eigenvalue weighted by Crippen LogP contribution is 2.16. The molecule has 0 aromatic carbocycles. The van der Waals surface area contributed by atoms with Crippen molar-refractivity contribution in [2.75, 3.05) is 0 Å². The summed E-state index contributed by atoms with van der Waals surface area (Å²) in [5, 5.41) is 3.02. The fraction of sp³-hybridized carbons (Fsp3) is 0.273. The molecule has 0 saturated carbocycles. The highest BCUT2D eigenvalue weighted by Gasteiger charge is 2.09. The van der Waals surface area contributed by atoms with Crippen LogP contribution in [0.2, 0.25) is 0 Å². The molecule has 1 unspecified atom stereocenters. The third-order valence-corrected chi connectivity index (χ3v) is 3.00. The Morgan fingerprint density at radius 3 is 2.93 bits per heavy atom. The van der Waals surface area contributed by atoms with E-state index in [0.29, 0.717) is 0 Å². The molecule has 78 valence electrons. The highest BCUT2D eigenvalue weighted by atomic mass is 32.1. The van der Waals surface area contributed by atoms with Gasteiger partial charge in [0.05, 0.1) is 16.7 Å². The van der Waals surface area contributed by atoms with Crippen LogP contribution in [-0.2, 0) is 6.42 Å². The van der Waals surface area contributed by atoms with Crippen LogP contribution in [0.3, 0.4) is 0 Å². The van der Waals surface area contributed by atoms with Gasteiger partial charge in [-0.05, 0) is 24.6 Å². The van der Waals surface area contributed by atoms with Crippen molar-refractivity contribution >= 4 is 11.3 Å². The first-order valence-corrected chi connectivity index (χ1v) is 5.70. The minimum absolute atomic E-state index is 0.0592. The van der Waals surface area contributed by atoms with Crippen molar-refractivity contribution in [2.45, 2.75) is 19.4 Å². The summed E-state index contributed by atoms with van der Waals surface area (Å²) in [6.45, 7) is 2.04. The van der Waals surface area contributed by atoms with Gasteiger partial charge in [0.1, 0.15) is 0 Å². The Hall–Kier alpha value is -1.26. The number of hydrogen-bond acceptors (Lipinski definition) is 4. The number of aromatic nitrogens is 2. The minimum atomic E-state index is -0.0592. The van der Waals surface area contributed by atoms with Crippen LogP contribution in [0.4, 0.5) is 0 Å². The van der Waals surface area contributed by atoms with Crippen molar-refractivity contribution in [2.24, 2.45) is 5.73 Å². The molecule has 2 aromatic rings. The first kappa shape index (κ1) is 10.3.